The SMILES string of the molecule is COc1ccc(N(C)c2csc(-c3ccccc3)n2)cc1. The highest BCUT2D eigenvalue weighted by atomic mass is 32.1. The maximum absolute atomic E-state index is 5.18. The highest BCUT2D eigenvalue weighted by molar-refractivity contribution is 7.13. The predicted molar refractivity (Wildman–Crippen MR) is 88.6 cm³/mol. The summed E-state index contributed by atoms with van der Waals surface area (Å²) in [7, 11) is 3.69. The van der Waals surface area contributed by atoms with E-state index >= 15 is 0 Å². The number of aromatic nitrogens is 1. The van der Waals surface area contributed by atoms with Crippen LogP contribution in [0.3, 0.4) is 0 Å². The van der Waals surface area contributed by atoms with Gasteiger partial charge in [0.25, 0.3) is 0 Å². The molecular weight excluding hydrogens is 280 g/mol. The van der Waals surface area contributed by atoms with Crippen LogP contribution in [0.15, 0.2) is 60.0 Å². The van der Waals surface area contributed by atoms with Gasteiger partial charge in [0.05, 0.1) is 7.11 Å². The van der Waals surface area contributed by atoms with Crippen LogP contribution >= 0.6 is 11.3 Å². The van der Waals surface area contributed by atoms with Crippen LogP contribution in [0.5, 0.6) is 5.75 Å². The smallest absolute Gasteiger partial charge is 0.144 e. The molecule has 0 saturated carbocycles. The first-order valence-electron chi connectivity index (χ1n) is 6.66. The molecule has 1 heterocycles. The summed E-state index contributed by atoms with van der Waals surface area (Å²) in [5, 5.41) is 3.11. The Kier molecular flexibility index (Phi) is 3.88. The second-order valence-corrected chi connectivity index (χ2v) is 5.49. The Balaban J connectivity index is 1.85. The Bertz CT molecular complexity index is 707. The second-order valence-electron chi connectivity index (χ2n) is 4.63. The minimum atomic E-state index is 0.857. The Morgan fingerprint density at radius 1 is 1.00 bits per heavy atom. The molecular formula is C17H16N2OS. The largest absolute Gasteiger partial charge is 0.497 e. The molecule has 0 amide bonds. The molecule has 0 aliphatic rings. The van der Waals surface area contributed by atoms with Crippen LogP contribution in [0.25, 0.3) is 10.6 Å². The third-order valence-electron chi connectivity index (χ3n) is 3.32. The number of rotatable bonds is 4. The Labute approximate surface area is 128 Å². The van der Waals surface area contributed by atoms with Gasteiger partial charge in [0.2, 0.25) is 0 Å². The van der Waals surface area contributed by atoms with Gasteiger partial charge in [-0.3, -0.25) is 0 Å². The molecule has 0 fully saturated rings. The summed E-state index contributed by atoms with van der Waals surface area (Å²) in [5.41, 5.74) is 2.23. The van der Waals surface area contributed by atoms with E-state index in [0.717, 1.165) is 27.8 Å². The molecule has 21 heavy (non-hydrogen) atoms. The van der Waals surface area contributed by atoms with Gasteiger partial charge in [0.1, 0.15) is 16.6 Å². The van der Waals surface area contributed by atoms with Crippen molar-refractivity contribution in [3.8, 4) is 16.3 Å². The average molecular weight is 296 g/mol. The van der Waals surface area contributed by atoms with Crippen molar-refractivity contribution < 1.29 is 4.74 Å². The topological polar surface area (TPSA) is 25.4 Å². The lowest BCUT2D eigenvalue weighted by Crippen LogP contribution is -2.09. The van der Waals surface area contributed by atoms with Crippen LogP contribution in [-0.2, 0) is 0 Å². The summed E-state index contributed by atoms with van der Waals surface area (Å²) in [5.74, 6) is 1.81. The fourth-order valence-corrected chi connectivity index (χ4v) is 2.92. The molecule has 0 bridgehead atoms. The average Bonchev–Trinajstić information content (AvgIpc) is 3.05. The monoisotopic (exact) mass is 296 g/mol. The Morgan fingerprint density at radius 3 is 2.38 bits per heavy atom. The van der Waals surface area contributed by atoms with Crippen LogP contribution < -0.4 is 9.64 Å². The lowest BCUT2D eigenvalue weighted by molar-refractivity contribution is 0.415. The first-order valence-corrected chi connectivity index (χ1v) is 7.54. The number of thiazole rings is 1. The second kappa shape index (κ2) is 5.97. The number of hydrogen-bond donors (Lipinski definition) is 0. The number of methoxy groups -OCH3 is 1. The van der Waals surface area contributed by atoms with E-state index in [0.29, 0.717) is 0 Å². The van der Waals surface area contributed by atoms with Gasteiger partial charge < -0.3 is 9.64 Å². The highest BCUT2D eigenvalue weighted by Gasteiger charge is 2.10. The van der Waals surface area contributed by atoms with Crippen molar-refractivity contribution in [3.05, 3.63) is 60.0 Å². The van der Waals surface area contributed by atoms with E-state index in [1.807, 2.05) is 49.5 Å². The molecule has 3 rings (SSSR count). The van der Waals surface area contributed by atoms with Crippen molar-refractivity contribution in [2.24, 2.45) is 0 Å². The van der Waals surface area contributed by atoms with Gasteiger partial charge in [0, 0.05) is 23.7 Å². The summed E-state index contributed by atoms with van der Waals surface area (Å²) in [6.07, 6.45) is 0. The number of nitrogens with zero attached hydrogens (tertiary/aromatic N) is 2. The molecule has 0 N–H and O–H groups in total. The van der Waals surface area contributed by atoms with E-state index < -0.39 is 0 Å². The summed E-state index contributed by atoms with van der Waals surface area (Å²) in [6, 6.07) is 18.2. The van der Waals surface area contributed by atoms with Crippen molar-refractivity contribution >= 4 is 22.8 Å². The molecule has 0 unspecified atom stereocenters. The molecule has 3 aromatic rings. The number of anilines is 2. The third-order valence-corrected chi connectivity index (χ3v) is 4.20. The number of ether oxygens (including phenoxy) is 1. The fourth-order valence-electron chi connectivity index (χ4n) is 2.07. The van der Waals surface area contributed by atoms with Gasteiger partial charge in [0.15, 0.2) is 0 Å². The van der Waals surface area contributed by atoms with Gasteiger partial charge in [-0.1, -0.05) is 30.3 Å². The lowest BCUT2D eigenvalue weighted by atomic mass is 10.2. The summed E-state index contributed by atoms with van der Waals surface area (Å²) in [6.45, 7) is 0. The van der Waals surface area contributed by atoms with Crippen molar-refractivity contribution in [3.63, 3.8) is 0 Å². The molecule has 0 atom stereocenters. The Morgan fingerprint density at radius 2 is 1.71 bits per heavy atom. The van der Waals surface area contributed by atoms with Crippen LogP contribution in [0.1, 0.15) is 0 Å². The molecule has 3 nitrogen and oxygen atoms in total. The third kappa shape index (κ3) is 2.90. The van der Waals surface area contributed by atoms with Crippen LogP contribution in [0.4, 0.5) is 11.5 Å². The number of hydrogen-bond acceptors (Lipinski definition) is 4. The minimum Gasteiger partial charge on any atom is -0.497 e. The maximum Gasteiger partial charge on any atom is 0.144 e. The lowest BCUT2D eigenvalue weighted by Gasteiger charge is -2.16. The predicted octanol–water partition coefficient (Wildman–Crippen LogP) is 4.59. The van der Waals surface area contributed by atoms with E-state index in [1.54, 1.807) is 18.4 Å². The van der Waals surface area contributed by atoms with Gasteiger partial charge in [-0.15, -0.1) is 11.3 Å². The van der Waals surface area contributed by atoms with Crippen LogP contribution in [-0.4, -0.2) is 19.1 Å². The zero-order valence-electron chi connectivity index (χ0n) is 12.0. The van der Waals surface area contributed by atoms with Gasteiger partial charge in [-0.2, -0.15) is 0 Å². The fraction of sp³-hybridized carbons (Fsp3) is 0.118. The van der Waals surface area contributed by atoms with E-state index in [9.17, 15) is 0 Å². The molecule has 0 radical (unpaired) electrons. The molecule has 2 aromatic carbocycles. The van der Waals surface area contributed by atoms with Crippen LogP contribution in [0.2, 0.25) is 0 Å². The number of benzene rings is 2. The van der Waals surface area contributed by atoms with Crippen molar-refractivity contribution in [1.82, 2.24) is 4.98 Å². The van der Waals surface area contributed by atoms with E-state index in [1.165, 1.54) is 0 Å². The normalized spacial score (nSPS) is 10.4. The molecule has 106 valence electrons. The Hall–Kier alpha value is -2.33. The molecule has 0 aliphatic carbocycles. The van der Waals surface area contributed by atoms with Crippen molar-refractivity contribution in [2.45, 2.75) is 0 Å². The van der Waals surface area contributed by atoms with E-state index in [4.69, 9.17) is 9.72 Å². The summed E-state index contributed by atoms with van der Waals surface area (Å²) >= 11 is 1.66. The quantitative estimate of drug-likeness (QED) is 0.704. The van der Waals surface area contributed by atoms with Crippen molar-refractivity contribution in [1.29, 1.82) is 0 Å². The summed E-state index contributed by atoms with van der Waals surface area (Å²) in [4.78, 5) is 6.78. The van der Waals surface area contributed by atoms with E-state index in [2.05, 4.69) is 22.4 Å². The van der Waals surface area contributed by atoms with Crippen molar-refractivity contribution in [2.75, 3.05) is 19.1 Å². The molecule has 0 spiro atoms. The summed E-state index contributed by atoms with van der Waals surface area (Å²) < 4.78 is 5.18. The standard InChI is InChI=1S/C17H16N2OS/c1-19(14-8-10-15(20-2)11-9-14)16-12-21-17(18-16)13-6-4-3-5-7-13/h3-12H,1-2H3. The molecule has 1 aromatic heterocycles. The van der Waals surface area contributed by atoms with Gasteiger partial charge in [-0.25, -0.2) is 4.98 Å². The molecule has 4 heteroatoms. The van der Waals surface area contributed by atoms with Gasteiger partial charge >= 0.3 is 0 Å². The van der Waals surface area contributed by atoms with Crippen LogP contribution in [0, 0.1) is 0 Å². The molecule has 0 aliphatic heterocycles. The minimum absolute atomic E-state index is 0.857. The van der Waals surface area contributed by atoms with E-state index in [-0.39, 0.29) is 0 Å². The van der Waals surface area contributed by atoms with Gasteiger partial charge in [-0.05, 0) is 24.3 Å². The zero-order chi connectivity index (χ0) is 14.7. The highest BCUT2D eigenvalue weighted by Crippen LogP contribution is 2.31. The first kappa shape index (κ1) is 13.6. The zero-order valence-corrected chi connectivity index (χ0v) is 12.8. The first-order chi connectivity index (χ1) is 10.3. The maximum atomic E-state index is 5.18. The molecule has 0 saturated heterocycles.